The molecule has 0 radical (unpaired) electrons. The molecule has 0 spiro atoms. The maximum absolute atomic E-state index is 13.9. The Bertz CT molecular complexity index is 601. The fourth-order valence-electron chi connectivity index (χ4n) is 2.53. The second kappa shape index (κ2) is 11.5. The molecule has 2 aromatic carbocycles. The summed E-state index contributed by atoms with van der Waals surface area (Å²) in [7, 11) is 0. The molecule has 25 heavy (non-hydrogen) atoms. The molecule has 0 amide bonds. The molecular weight excluding hydrogens is 319 g/mol. The fraction of sp³-hybridized carbons (Fsp3) is 0.429. The highest BCUT2D eigenvalue weighted by Gasteiger charge is 2.06. The minimum Gasteiger partial charge on any atom is -0.493 e. The molecule has 0 aliphatic carbocycles. The first-order chi connectivity index (χ1) is 12.3. The standard InChI is InChI=1S/C21H27FO3/c22-20-13-12-19(24-15-9-4-2-1-3-8-14-23)16-21(20)25-17-18-10-6-5-7-11-18/h5-7,10-13,16,23H,1-4,8-9,14-15,17H2. The van der Waals surface area contributed by atoms with Crippen LogP contribution in [0.2, 0.25) is 0 Å². The second-order valence-electron chi connectivity index (χ2n) is 6.06. The van der Waals surface area contributed by atoms with Crippen molar-refractivity contribution in [2.45, 2.75) is 45.1 Å². The first-order valence-electron chi connectivity index (χ1n) is 8.99. The number of aliphatic hydroxyl groups is 1. The van der Waals surface area contributed by atoms with Gasteiger partial charge < -0.3 is 14.6 Å². The molecule has 0 fully saturated rings. The molecule has 4 heteroatoms. The van der Waals surface area contributed by atoms with Crippen LogP contribution in [0.1, 0.15) is 44.1 Å². The van der Waals surface area contributed by atoms with E-state index in [2.05, 4.69) is 0 Å². The van der Waals surface area contributed by atoms with Crippen molar-refractivity contribution in [3.63, 3.8) is 0 Å². The molecule has 0 unspecified atom stereocenters. The lowest BCUT2D eigenvalue weighted by molar-refractivity contribution is 0.276. The van der Waals surface area contributed by atoms with Crippen LogP contribution in [0.25, 0.3) is 0 Å². The number of hydrogen-bond donors (Lipinski definition) is 1. The van der Waals surface area contributed by atoms with Gasteiger partial charge in [-0.1, -0.05) is 56.0 Å². The van der Waals surface area contributed by atoms with E-state index in [1.54, 1.807) is 12.1 Å². The average molecular weight is 346 g/mol. The third-order valence-electron chi connectivity index (χ3n) is 3.96. The van der Waals surface area contributed by atoms with Crippen molar-refractivity contribution in [1.82, 2.24) is 0 Å². The molecule has 2 aromatic rings. The van der Waals surface area contributed by atoms with Gasteiger partial charge in [-0.25, -0.2) is 4.39 Å². The van der Waals surface area contributed by atoms with Gasteiger partial charge in [-0.05, 0) is 30.5 Å². The van der Waals surface area contributed by atoms with Crippen molar-refractivity contribution < 1.29 is 19.0 Å². The van der Waals surface area contributed by atoms with Gasteiger partial charge in [-0.15, -0.1) is 0 Å². The van der Waals surface area contributed by atoms with E-state index in [0.717, 1.165) is 44.1 Å². The first kappa shape index (κ1) is 19.3. The van der Waals surface area contributed by atoms with Gasteiger partial charge in [0.2, 0.25) is 0 Å². The molecule has 0 aliphatic heterocycles. The van der Waals surface area contributed by atoms with Crippen molar-refractivity contribution >= 4 is 0 Å². The van der Waals surface area contributed by atoms with E-state index >= 15 is 0 Å². The van der Waals surface area contributed by atoms with E-state index in [1.807, 2.05) is 30.3 Å². The number of rotatable bonds is 12. The first-order valence-corrected chi connectivity index (χ1v) is 8.99. The lowest BCUT2D eigenvalue weighted by Crippen LogP contribution is -2.00. The minimum atomic E-state index is -0.382. The maximum Gasteiger partial charge on any atom is 0.165 e. The minimum absolute atomic E-state index is 0.213. The third-order valence-corrected chi connectivity index (χ3v) is 3.96. The Balaban J connectivity index is 1.71. The molecular formula is C21H27FO3. The SMILES string of the molecule is OCCCCCCCCOc1ccc(F)c(OCc2ccccc2)c1. The zero-order chi connectivity index (χ0) is 17.7. The molecule has 0 bridgehead atoms. The van der Waals surface area contributed by atoms with Crippen LogP contribution in [0, 0.1) is 5.82 Å². The van der Waals surface area contributed by atoms with Crippen molar-refractivity contribution in [2.75, 3.05) is 13.2 Å². The number of halogens is 1. The molecule has 0 saturated heterocycles. The molecule has 1 N–H and O–H groups in total. The average Bonchev–Trinajstić information content (AvgIpc) is 2.65. The monoisotopic (exact) mass is 346 g/mol. The Hall–Kier alpha value is -2.07. The van der Waals surface area contributed by atoms with Crippen LogP contribution < -0.4 is 9.47 Å². The third kappa shape index (κ3) is 7.57. The summed E-state index contributed by atoms with van der Waals surface area (Å²) < 4.78 is 25.1. The Morgan fingerprint density at radius 1 is 0.800 bits per heavy atom. The van der Waals surface area contributed by atoms with Crippen LogP contribution in [0.5, 0.6) is 11.5 Å². The van der Waals surface area contributed by atoms with Gasteiger partial charge in [-0.2, -0.15) is 0 Å². The van der Waals surface area contributed by atoms with Crippen molar-refractivity contribution in [2.24, 2.45) is 0 Å². The van der Waals surface area contributed by atoms with E-state index in [-0.39, 0.29) is 18.2 Å². The van der Waals surface area contributed by atoms with Gasteiger partial charge in [0, 0.05) is 12.7 Å². The Kier molecular flexibility index (Phi) is 8.84. The molecule has 0 atom stereocenters. The lowest BCUT2D eigenvalue weighted by Gasteiger charge is -2.11. The summed E-state index contributed by atoms with van der Waals surface area (Å²) in [5.41, 5.74) is 0.995. The zero-order valence-electron chi connectivity index (χ0n) is 14.6. The number of aliphatic hydroxyl groups excluding tert-OH is 1. The molecule has 3 nitrogen and oxygen atoms in total. The van der Waals surface area contributed by atoms with Crippen molar-refractivity contribution in [1.29, 1.82) is 0 Å². The zero-order valence-corrected chi connectivity index (χ0v) is 14.6. The molecule has 0 heterocycles. The van der Waals surface area contributed by atoms with Crippen LogP contribution in [-0.2, 0) is 6.61 Å². The van der Waals surface area contributed by atoms with Crippen molar-refractivity contribution in [3.8, 4) is 11.5 Å². The van der Waals surface area contributed by atoms with Gasteiger partial charge in [0.25, 0.3) is 0 Å². The summed E-state index contributed by atoms with van der Waals surface area (Å²) in [4.78, 5) is 0. The van der Waals surface area contributed by atoms with Crippen LogP contribution in [-0.4, -0.2) is 18.3 Å². The highest BCUT2D eigenvalue weighted by molar-refractivity contribution is 5.34. The van der Waals surface area contributed by atoms with E-state index in [0.29, 0.717) is 19.0 Å². The van der Waals surface area contributed by atoms with Crippen LogP contribution >= 0.6 is 0 Å². The van der Waals surface area contributed by atoms with Gasteiger partial charge in [0.05, 0.1) is 6.61 Å². The van der Waals surface area contributed by atoms with Crippen LogP contribution in [0.4, 0.5) is 4.39 Å². The van der Waals surface area contributed by atoms with E-state index in [9.17, 15) is 4.39 Å². The molecule has 0 saturated carbocycles. The molecule has 0 aliphatic rings. The second-order valence-corrected chi connectivity index (χ2v) is 6.06. The Labute approximate surface area is 149 Å². The summed E-state index contributed by atoms with van der Waals surface area (Å²) in [5.74, 6) is 0.460. The quantitative estimate of drug-likeness (QED) is 0.542. The summed E-state index contributed by atoms with van der Waals surface area (Å²) in [6.45, 7) is 1.22. The highest BCUT2D eigenvalue weighted by atomic mass is 19.1. The summed E-state index contributed by atoms with van der Waals surface area (Å²) in [6, 6.07) is 14.3. The summed E-state index contributed by atoms with van der Waals surface area (Å²) in [5, 5.41) is 8.72. The predicted octanol–water partition coefficient (Wildman–Crippen LogP) is 5.12. The van der Waals surface area contributed by atoms with Gasteiger partial charge in [0.15, 0.2) is 11.6 Å². The number of ether oxygens (including phenoxy) is 2. The highest BCUT2D eigenvalue weighted by Crippen LogP contribution is 2.24. The smallest absolute Gasteiger partial charge is 0.165 e. The molecule has 2 rings (SSSR count). The van der Waals surface area contributed by atoms with Crippen LogP contribution in [0.3, 0.4) is 0 Å². The number of unbranched alkanes of at least 4 members (excludes halogenated alkanes) is 5. The van der Waals surface area contributed by atoms with Gasteiger partial charge in [-0.3, -0.25) is 0 Å². The maximum atomic E-state index is 13.9. The van der Waals surface area contributed by atoms with Gasteiger partial charge in [0.1, 0.15) is 12.4 Å². The molecule has 136 valence electrons. The fourth-order valence-corrected chi connectivity index (χ4v) is 2.53. The van der Waals surface area contributed by atoms with E-state index in [1.165, 1.54) is 6.07 Å². The van der Waals surface area contributed by atoms with Crippen molar-refractivity contribution in [3.05, 3.63) is 59.9 Å². The summed E-state index contributed by atoms with van der Waals surface area (Å²) in [6.07, 6.45) is 6.34. The van der Waals surface area contributed by atoms with E-state index in [4.69, 9.17) is 14.6 Å². The Morgan fingerprint density at radius 3 is 2.28 bits per heavy atom. The molecule has 0 aromatic heterocycles. The number of hydrogen-bond acceptors (Lipinski definition) is 3. The van der Waals surface area contributed by atoms with Crippen LogP contribution in [0.15, 0.2) is 48.5 Å². The van der Waals surface area contributed by atoms with Gasteiger partial charge >= 0.3 is 0 Å². The largest absolute Gasteiger partial charge is 0.493 e. The normalized spacial score (nSPS) is 10.6. The Morgan fingerprint density at radius 2 is 1.52 bits per heavy atom. The van der Waals surface area contributed by atoms with E-state index < -0.39 is 0 Å². The summed E-state index contributed by atoms with van der Waals surface area (Å²) >= 11 is 0. The lowest BCUT2D eigenvalue weighted by atomic mass is 10.1. The topological polar surface area (TPSA) is 38.7 Å². The number of benzene rings is 2. The predicted molar refractivity (Wildman–Crippen MR) is 97.5 cm³/mol.